The Labute approximate surface area is 163 Å². The number of benzene rings is 1. The van der Waals surface area contributed by atoms with Gasteiger partial charge in [0.05, 0.1) is 17.5 Å². The van der Waals surface area contributed by atoms with E-state index in [4.69, 9.17) is 9.47 Å². The lowest BCUT2D eigenvalue weighted by atomic mass is 9.75. The molecule has 0 bridgehead atoms. The summed E-state index contributed by atoms with van der Waals surface area (Å²) in [6.07, 6.45) is 2.85. The van der Waals surface area contributed by atoms with E-state index in [1.54, 1.807) is 9.80 Å². The third kappa shape index (κ3) is 2.20. The van der Waals surface area contributed by atoms with E-state index >= 15 is 0 Å². The van der Waals surface area contributed by atoms with Crippen LogP contribution in [-0.4, -0.2) is 46.5 Å². The maximum atomic E-state index is 13.4. The largest absolute Gasteiger partial charge is 0.454 e. The fourth-order valence-corrected chi connectivity index (χ4v) is 5.12. The molecule has 2 saturated heterocycles. The van der Waals surface area contributed by atoms with Crippen LogP contribution in [-0.2, 0) is 9.59 Å². The number of nitriles is 1. The van der Waals surface area contributed by atoms with Crippen LogP contribution in [0.2, 0.25) is 0 Å². The lowest BCUT2D eigenvalue weighted by Gasteiger charge is -2.43. The normalized spacial score (nSPS) is 33.8. The van der Waals surface area contributed by atoms with Gasteiger partial charge in [0, 0.05) is 6.04 Å². The third-order valence-electron chi connectivity index (χ3n) is 6.77. The van der Waals surface area contributed by atoms with Gasteiger partial charge in [-0.2, -0.15) is 5.26 Å². The highest BCUT2D eigenvalue weighted by Gasteiger charge is 2.61. The minimum atomic E-state index is -0.803. The molecule has 28 heavy (non-hydrogen) atoms. The average molecular weight is 381 g/mol. The van der Waals surface area contributed by atoms with Crippen molar-refractivity contribution in [1.29, 1.82) is 5.26 Å². The summed E-state index contributed by atoms with van der Waals surface area (Å²) in [6, 6.07) is 6.69. The summed E-state index contributed by atoms with van der Waals surface area (Å²) in [4.78, 5) is 30.2. The quantitative estimate of drug-likeness (QED) is 0.803. The number of carbonyl (C=O) groups is 2. The van der Waals surface area contributed by atoms with E-state index < -0.39 is 23.5 Å². The maximum Gasteiger partial charge on any atom is 0.246 e. The molecular formula is C21H23N3O4. The molecule has 5 rings (SSSR count). The fraction of sp³-hybridized carbons (Fsp3) is 0.571. The summed E-state index contributed by atoms with van der Waals surface area (Å²) >= 11 is 0. The molecule has 7 nitrogen and oxygen atoms in total. The number of carbonyl (C=O) groups excluding carboxylic acids is 2. The molecule has 0 aromatic heterocycles. The molecule has 3 fully saturated rings. The van der Waals surface area contributed by atoms with Gasteiger partial charge in [-0.3, -0.25) is 9.59 Å². The van der Waals surface area contributed by atoms with Gasteiger partial charge in [-0.1, -0.05) is 13.0 Å². The zero-order valence-electron chi connectivity index (χ0n) is 16.1. The SMILES string of the molecule is CCC1(C#N)C[C@H]2C(=O)N(C3CC3)[C@H](C)C(=O)N2[C@H]1c1ccc2c(c1)OCO2. The number of hydrogen-bond donors (Lipinski definition) is 0. The van der Waals surface area contributed by atoms with E-state index in [2.05, 4.69) is 6.07 Å². The van der Waals surface area contributed by atoms with Gasteiger partial charge in [-0.05, 0) is 50.3 Å². The molecule has 0 spiro atoms. The summed E-state index contributed by atoms with van der Waals surface area (Å²) < 4.78 is 10.9. The lowest BCUT2D eigenvalue weighted by Crippen LogP contribution is -2.62. The Morgan fingerprint density at radius 2 is 1.93 bits per heavy atom. The van der Waals surface area contributed by atoms with Crippen LogP contribution in [0.3, 0.4) is 0 Å². The Balaban J connectivity index is 1.61. The first-order valence-corrected chi connectivity index (χ1v) is 9.96. The Bertz CT molecular complexity index is 905. The van der Waals surface area contributed by atoms with E-state index in [-0.39, 0.29) is 24.6 Å². The number of nitrogens with zero attached hydrogens (tertiary/aromatic N) is 3. The van der Waals surface area contributed by atoms with Crippen LogP contribution in [0.15, 0.2) is 18.2 Å². The van der Waals surface area contributed by atoms with Crippen LogP contribution >= 0.6 is 0 Å². The second-order valence-corrected chi connectivity index (χ2v) is 8.25. The van der Waals surface area contributed by atoms with Gasteiger partial charge in [0.15, 0.2) is 11.5 Å². The summed E-state index contributed by atoms with van der Waals surface area (Å²) in [5, 5.41) is 10.1. The standard InChI is InChI=1S/C21H23N3O4/c1-3-21(10-22)9-15-20(26)23(14-5-6-14)12(2)19(25)24(15)18(21)13-4-7-16-17(8-13)28-11-27-16/h4,7-8,12,14-15,18H,3,5-6,9,11H2,1-2H3/t12-,15+,18+,21?/m1/s1. The second-order valence-electron chi connectivity index (χ2n) is 8.25. The Morgan fingerprint density at radius 3 is 2.61 bits per heavy atom. The summed E-state index contributed by atoms with van der Waals surface area (Å²) in [5.41, 5.74) is 0.0200. The Morgan fingerprint density at radius 1 is 1.18 bits per heavy atom. The number of amides is 2. The van der Waals surface area contributed by atoms with Crippen molar-refractivity contribution in [3.05, 3.63) is 23.8 Å². The van der Waals surface area contributed by atoms with Gasteiger partial charge in [-0.25, -0.2) is 0 Å². The van der Waals surface area contributed by atoms with E-state index in [0.717, 1.165) is 18.4 Å². The van der Waals surface area contributed by atoms with Crippen molar-refractivity contribution in [2.75, 3.05) is 6.79 Å². The monoisotopic (exact) mass is 381 g/mol. The average Bonchev–Trinajstić information content (AvgIpc) is 3.31. The van der Waals surface area contributed by atoms with Crippen molar-refractivity contribution >= 4 is 11.8 Å². The van der Waals surface area contributed by atoms with Crippen LogP contribution in [0.25, 0.3) is 0 Å². The molecule has 7 heteroatoms. The number of ether oxygens (including phenoxy) is 2. The van der Waals surface area contributed by atoms with Gasteiger partial charge in [0.1, 0.15) is 12.1 Å². The van der Waals surface area contributed by atoms with Gasteiger partial charge >= 0.3 is 0 Å². The summed E-state index contributed by atoms with van der Waals surface area (Å²) in [7, 11) is 0. The molecule has 1 unspecified atom stereocenters. The molecule has 2 amide bonds. The maximum absolute atomic E-state index is 13.4. The van der Waals surface area contributed by atoms with Crippen molar-refractivity contribution in [2.24, 2.45) is 5.41 Å². The van der Waals surface area contributed by atoms with E-state index in [9.17, 15) is 14.9 Å². The Hall–Kier alpha value is -2.75. The molecule has 1 aromatic carbocycles. The Kier molecular flexibility index (Phi) is 3.64. The number of fused-ring (bicyclic) bond motifs is 2. The van der Waals surface area contributed by atoms with Crippen LogP contribution in [0.1, 0.15) is 51.1 Å². The van der Waals surface area contributed by atoms with Crippen LogP contribution in [0.5, 0.6) is 11.5 Å². The minimum Gasteiger partial charge on any atom is -0.454 e. The van der Waals surface area contributed by atoms with Crippen LogP contribution < -0.4 is 9.47 Å². The number of rotatable bonds is 3. The fourth-order valence-electron chi connectivity index (χ4n) is 5.12. The molecule has 4 aliphatic rings. The van der Waals surface area contributed by atoms with Crippen molar-refractivity contribution in [1.82, 2.24) is 9.80 Å². The third-order valence-corrected chi connectivity index (χ3v) is 6.77. The highest BCUT2D eigenvalue weighted by atomic mass is 16.7. The molecule has 146 valence electrons. The van der Waals surface area contributed by atoms with Crippen molar-refractivity contribution in [3.63, 3.8) is 0 Å². The molecule has 1 aromatic rings. The van der Waals surface area contributed by atoms with Gasteiger partial charge in [0.25, 0.3) is 0 Å². The van der Waals surface area contributed by atoms with Gasteiger partial charge in [0.2, 0.25) is 18.6 Å². The molecule has 0 radical (unpaired) electrons. The summed E-state index contributed by atoms with van der Waals surface area (Å²) in [6.45, 7) is 3.93. The molecule has 4 atom stereocenters. The van der Waals surface area contributed by atoms with Gasteiger partial charge in [-0.15, -0.1) is 0 Å². The van der Waals surface area contributed by atoms with E-state index in [1.165, 1.54) is 0 Å². The molecular weight excluding hydrogens is 358 g/mol. The highest BCUT2D eigenvalue weighted by Crippen LogP contribution is 2.55. The second kappa shape index (κ2) is 5.87. The zero-order valence-corrected chi connectivity index (χ0v) is 16.1. The first kappa shape index (κ1) is 17.4. The first-order valence-electron chi connectivity index (χ1n) is 9.96. The summed E-state index contributed by atoms with van der Waals surface area (Å²) in [5.74, 6) is 1.20. The number of piperazine rings is 1. The molecule has 3 heterocycles. The van der Waals surface area contributed by atoms with Crippen LogP contribution in [0, 0.1) is 16.7 Å². The predicted molar refractivity (Wildman–Crippen MR) is 98.2 cm³/mol. The molecule has 0 N–H and O–H groups in total. The predicted octanol–water partition coefficient (Wildman–Crippen LogP) is 2.37. The van der Waals surface area contributed by atoms with Crippen LogP contribution in [0.4, 0.5) is 0 Å². The lowest BCUT2D eigenvalue weighted by molar-refractivity contribution is -0.161. The molecule has 1 aliphatic carbocycles. The first-order chi connectivity index (χ1) is 13.5. The topological polar surface area (TPSA) is 82.9 Å². The van der Waals surface area contributed by atoms with Gasteiger partial charge < -0.3 is 19.3 Å². The van der Waals surface area contributed by atoms with Crippen molar-refractivity contribution < 1.29 is 19.1 Å². The smallest absolute Gasteiger partial charge is 0.246 e. The number of hydrogen-bond acceptors (Lipinski definition) is 5. The zero-order chi connectivity index (χ0) is 19.6. The molecule has 3 aliphatic heterocycles. The molecule has 1 saturated carbocycles. The van der Waals surface area contributed by atoms with E-state index in [0.29, 0.717) is 24.3 Å². The van der Waals surface area contributed by atoms with E-state index in [1.807, 2.05) is 32.0 Å². The minimum absolute atomic E-state index is 0.00841. The van der Waals surface area contributed by atoms with Crippen molar-refractivity contribution in [2.45, 2.75) is 63.7 Å². The highest BCUT2D eigenvalue weighted by molar-refractivity contribution is 5.98. The van der Waals surface area contributed by atoms with Crippen molar-refractivity contribution in [3.8, 4) is 17.6 Å².